The average Bonchev–Trinajstić information content (AvgIpc) is 3.09. The molecule has 3 aliphatic carbocycles. The molecule has 2 saturated carbocycles. The molecule has 3 aliphatic rings. The number of aliphatic hydroxyl groups is 1. The number of aliphatic hydroxyl groups excluding tert-OH is 1. The highest BCUT2D eigenvalue weighted by atomic mass is 16.3. The molecule has 4 rings (SSSR count). The Morgan fingerprint density at radius 1 is 0.935 bits per heavy atom. The standard InChI is InChI=1S/C30H48O/c1-4-6-7-8-9-10-11-12-13-23-21-24-20-22(5-2)14-15-25(24)26-18-19-30(3)27(29(23)26)16-17-28(30)31/h14-15,20,23,26-29,31H,4-13,16-19,21H2,1-3H3/t23-,26?,27?,28?,29?,30?/m1/s1. The summed E-state index contributed by atoms with van der Waals surface area (Å²) in [5, 5.41) is 10.9. The number of hydrogen-bond donors (Lipinski definition) is 1. The Balaban J connectivity index is 1.45. The molecule has 1 aromatic carbocycles. The molecule has 1 N–H and O–H groups in total. The summed E-state index contributed by atoms with van der Waals surface area (Å²) in [6.45, 7) is 7.02. The molecule has 5 unspecified atom stereocenters. The number of hydrogen-bond acceptors (Lipinski definition) is 1. The Morgan fingerprint density at radius 3 is 2.42 bits per heavy atom. The lowest BCUT2D eigenvalue weighted by molar-refractivity contribution is -0.0396. The van der Waals surface area contributed by atoms with Crippen molar-refractivity contribution in [3.63, 3.8) is 0 Å². The Kier molecular flexibility index (Phi) is 7.84. The molecule has 2 fully saturated rings. The molecule has 1 aromatic rings. The molecule has 0 amide bonds. The van der Waals surface area contributed by atoms with E-state index in [1.54, 1.807) is 11.1 Å². The van der Waals surface area contributed by atoms with Crippen molar-refractivity contribution in [3.8, 4) is 0 Å². The first kappa shape index (κ1) is 23.3. The second-order valence-corrected chi connectivity index (χ2v) is 11.5. The van der Waals surface area contributed by atoms with Gasteiger partial charge >= 0.3 is 0 Å². The van der Waals surface area contributed by atoms with Crippen LogP contribution >= 0.6 is 0 Å². The monoisotopic (exact) mass is 424 g/mol. The first-order valence-corrected chi connectivity index (χ1v) is 13.9. The van der Waals surface area contributed by atoms with Crippen molar-refractivity contribution in [2.75, 3.05) is 0 Å². The van der Waals surface area contributed by atoms with E-state index < -0.39 is 0 Å². The summed E-state index contributed by atoms with van der Waals surface area (Å²) in [7, 11) is 0. The lowest BCUT2D eigenvalue weighted by Crippen LogP contribution is -2.47. The van der Waals surface area contributed by atoms with Crippen LogP contribution in [-0.4, -0.2) is 11.2 Å². The van der Waals surface area contributed by atoms with Crippen LogP contribution in [0.25, 0.3) is 0 Å². The number of benzene rings is 1. The van der Waals surface area contributed by atoms with Gasteiger partial charge in [-0.15, -0.1) is 0 Å². The van der Waals surface area contributed by atoms with Gasteiger partial charge in [0.1, 0.15) is 0 Å². The molecule has 0 radical (unpaired) electrons. The number of rotatable bonds is 10. The third kappa shape index (κ3) is 4.78. The predicted octanol–water partition coefficient (Wildman–Crippen LogP) is 8.22. The SMILES string of the molecule is CCCCCCCCCC[C@@H]1Cc2cc(CC)ccc2C2CCC3(C)C(O)CCC3C21. The summed E-state index contributed by atoms with van der Waals surface area (Å²) in [4.78, 5) is 0. The smallest absolute Gasteiger partial charge is 0.0596 e. The molecule has 0 aliphatic heterocycles. The van der Waals surface area contributed by atoms with Gasteiger partial charge in [-0.05, 0) is 90.7 Å². The Labute approximate surface area is 192 Å². The maximum Gasteiger partial charge on any atom is 0.0596 e. The fourth-order valence-corrected chi connectivity index (χ4v) is 7.86. The zero-order valence-corrected chi connectivity index (χ0v) is 20.7. The van der Waals surface area contributed by atoms with Crippen LogP contribution in [0.15, 0.2) is 18.2 Å². The van der Waals surface area contributed by atoms with Crippen molar-refractivity contribution in [3.05, 3.63) is 34.9 Å². The summed E-state index contributed by atoms with van der Waals surface area (Å²) in [6, 6.07) is 7.43. The van der Waals surface area contributed by atoms with Gasteiger partial charge in [-0.3, -0.25) is 0 Å². The first-order valence-electron chi connectivity index (χ1n) is 13.9. The highest BCUT2D eigenvalue weighted by Gasteiger charge is 2.56. The van der Waals surface area contributed by atoms with Gasteiger partial charge in [-0.2, -0.15) is 0 Å². The molecule has 1 nitrogen and oxygen atoms in total. The van der Waals surface area contributed by atoms with E-state index in [9.17, 15) is 5.11 Å². The predicted molar refractivity (Wildman–Crippen MR) is 133 cm³/mol. The van der Waals surface area contributed by atoms with Gasteiger partial charge in [0.05, 0.1) is 6.10 Å². The fraction of sp³-hybridized carbons (Fsp3) is 0.800. The van der Waals surface area contributed by atoms with Crippen LogP contribution in [0.1, 0.15) is 127 Å². The minimum Gasteiger partial charge on any atom is -0.393 e. The summed E-state index contributed by atoms with van der Waals surface area (Å²) in [5.74, 6) is 3.12. The lowest BCUT2D eigenvalue weighted by Gasteiger charge is -2.53. The highest BCUT2D eigenvalue weighted by molar-refractivity contribution is 5.39. The third-order valence-electron chi connectivity index (χ3n) is 9.75. The molecule has 0 heterocycles. The van der Waals surface area contributed by atoms with E-state index in [4.69, 9.17) is 0 Å². The van der Waals surface area contributed by atoms with Crippen LogP contribution in [-0.2, 0) is 12.8 Å². The summed E-state index contributed by atoms with van der Waals surface area (Å²) >= 11 is 0. The minimum absolute atomic E-state index is 0.0638. The molecule has 0 aromatic heterocycles. The van der Waals surface area contributed by atoms with E-state index in [0.29, 0.717) is 0 Å². The lowest BCUT2D eigenvalue weighted by atomic mass is 9.52. The zero-order chi connectivity index (χ0) is 21.8. The van der Waals surface area contributed by atoms with E-state index >= 15 is 0 Å². The van der Waals surface area contributed by atoms with Crippen LogP contribution < -0.4 is 0 Å². The van der Waals surface area contributed by atoms with Crippen molar-refractivity contribution in [1.82, 2.24) is 0 Å². The number of unbranched alkanes of at least 4 members (excludes halogenated alkanes) is 7. The van der Waals surface area contributed by atoms with Gasteiger partial charge in [-0.25, -0.2) is 0 Å². The molecule has 6 atom stereocenters. The molecule has 0 bridgehead atoms. The van der Waals surface area contributed by atoms with E-state index in [-0.39, 0.29) is 11.5 Å². The molecular weight excluding hydrogens is 376 g/mol. The van der Waals surface area contributed by atoms with Gasteiger partial charge in [0.15, 0.2) is 0 Å². The second-order valence-electron chi connectivity index (χ2n) is 11.5. The average molecular weight is 425 g/mol. The summed E-state index contributed by atoms with van der Waals surface area (Å²) < 4.78 is 0. The second kappa shape index (κ2) is 10.4. The molecule has 31 heavy (non-hydrogen) atoms. The largest absolute Gasteiger partial charge is 0.393 e. The quantitative estimate of drug-likeness (QED) is 0.375. The normalized spacial score (nSPS) is 34.3. The fourth-order valence-electron chi connectivity index (χ4n) is 7.86. The maximum atomic E-state index is 10.9. The summed E-state index contributed by atoms with van der Waals surface area (Å²) in [5.41, 5.74) is 5.05. The van der Waals surface area contributed by atoms with Crippen molar-refractivity contribution in [2.45, 2.75) is 129 Å². The minimum atomic E-state index is -0.0638. The van der Waals surface area contributed by atoms with E-state index in [0.717, 1.165) is 36.5 Å². The molecular formula is C30H48O. The van der Waals surface area contributed by atoms with Crippen LogP contribution in [0, 0.1) is 23.2 Å². The van der Waals surface area contributed by atoms with Crippen LogP contribution in [0.2, 0.25) is 0 Å². The van der Waals surface area contributed by atoms with Crippen LogP contribution in [0.4, 0.5) is 0 Å². The van der Waals surface area contributed by atoms with Gasteiger partial charge in [0.25, 0.3) is 0 Å². The van der Waals surface area contributed by atoms with Gasteiger partial charge in [0, 0.05) is 0 Å². The van der Waals surface area contributed by atoms with E-state index in [1.165, 1.54) is 89.0 Å². The zero-order valence-electron chi connectivity index (χ0n) is 20.7. The Hall–Kier alpha value is -0.820. The van der Waals surface area contributed by atoms with Crippen LogP contribution in [0.5, 0.6) is 0 Å². The van der Waals surface area contributed by atoms with Crippen molar-refractivity contribution in [1.29, 1.82) is 0 Å². The Bertz CT molecular complexity index is 708. The third-order valence-corrected chi connectivity index (χ3v) is 9.75. The Morgan fingerprint density at radius 2 is 1.68 bits per heavy atom. The van der Waals surface area contributed by atoms with Crippen molar-refractivity contribution in [2.24, 2.45) is 23.2 Å². The summed E-state index contributed by atoms with van der Waals surface area (Å²) in [6.07, 6.45) is 19.9. The number of aryl methyl sites for hydroxylation is 1. The molecule has 174 valence electrons. The molecule has 1 heteroatoms. The van der Waals surface area contributed by atoms with Crippen molar-refractivity contribution >= 4 is 0 Å². The van der Waals surface area contributed by atoms with E-state index in [1.807, 2.05) is 0 Å². The molecule has 0 saturated heterocycles. The highest BCUT2D eigenvalue weighted by Crippen LogP contribution is 2.62. The van der Waals surface area contributed by atoms with Crippen molar-refractivity contribution < 1.29 is 5.11 Å². The molecule has 0 spiro atoms. The van der Waals surface area contributed by atoms with Gasteiger partial charge < -0.3 is 5.11 Å². The van der Waals surface area contributed by atoms with Gasteiger partial charge in [-0.1, -0.05) is 90.3 Å². The first-order chi connectivity index (χ1) is 15.1. The van der Waals surface area contributed by atoms with Crippen LogP contribution in [0.3, 0.4) is 0 Å². The topological polar surface area (TPSA) is 20.2 Å². The van der Waals surface area contributed by atoms with Gasteiger partial charge in [0.2, 0.25) is 0 Å². The number of fused-ring (bicyclic) bond motifs is 5. The maximum absolute atomic E-state index is 10.9. The van der Waals surface area contributed by atoms with E-state index in [2.05, 4.69) is 39.0 Å².